The number of alkyl halides is 3. The van der Waals surface area contributed by atoms with E-state index < -0.39 is 35.0 Å². The molecule has 2 N–H and O–H groups in total. The van der Waals surface area contributed by atoms with Gasteiger partial charge in [0, 0.05) is 6.04 Å². The van der Waals surface area contributed by atoms with Crippen LogP contribution in [0.25, 0.3) is 0 Å². The standard InChI is InChI=1S/C14H15F4NO2/c1-13(12(20)21)6-2-3-11(13)19-10-5-4-8(7-9(10)15)14(16,17)18/h4-5,7,11,19H,2-3,6H2,1H3,(H,20,21). The van der Waals surface area contributed by atoms with Crippen LogP contribution in [0.1, 0.15) is 31.7 Å². The fourth-order valence-electron chi connectivity index (χ4n) is 2.65. The summed E-state index contributed by atoms with van der Waals surface area (Å²) in [6.07, 6.45) is -2.96. The van der Waals surface area contributed by atoms with E-state index in [1.54, 1.807) is 6.92 Å². The van der Waals surface area contributed by atoms with E-state index in [2.05, 4.69) is 5.32 Å². The van der Waals surface area contributed by atoms with Gasteiger partial charge in [-0.25, -0.2) is 4.39 Å². The summed E-state index contributed by atoms with van der Waals surface area (Å²) in [5.74, 6) is -2.03. The molecule has 2 atom stereocenters. The number of carboxylic acids is 1. The second kappa shape index (κ2) is 5.20. The van der Waals surface area contributed by atoms with Crippen LogP contribution in [0, 0.1) is 11.2 Å². The minimum absolute atomic E-state index is 0.109. The third-order valence-corrected chi connectivity index (χ3v) is 4.07. The molecular formula is C14H15F4NO2. The van der Waals surface area contributed by atoms with E-state index in [0.29, 0.717) is 25.3 Å². The van der Waals surface area contributed by atoms with Crippen molar-refractivity contribution in [3.05, 3.63) is 29.6 Å². The molecule has 1 aliphatic rings. The Labute approximate surface area is 119 Å². The fraction of sp³-hybridized carbons (Fsp3) is 0.500. The summed E-state index contributed by atoms with van der Waals surface area (Å²) in [5.41, 5.74) is -2.23. The van der Waals surface area contributed by atoms with Crippen molar-refractivity contribution >= 4 is 11.7 Å². The predicted molar refractivity (Wildman–Crippen MR) is 68.4 cm³/mol. The van der Waals surface area contributed by atoms with Gasteiger partial charge in [0.05, 0.1) is 16.7 Å². The van der Waals surface area contributed by atoms with Gasteiger partial charge in [0.25, 0.3) is 0 Å². The molecule has 0 amide bonds. The Morgan fingerprint density at radius 2 is 2.10 bits per heavy atom. The lowest BCUT2D eigenvalue weighted by atomic mass is 9.85. The molecule has 1 aromatic rings. The Morgan fingerprint density at radius 3 is 2.62 bits per heavy atom. The lowest BCUT2D eigenvalue weighted by Crippen LogP contribution is -2.40. The minimum atomic E-state index is -4.61. The van der Waals surface area contributed by atoms with Crippen LogP contribution in [0.15, 0.2) is 18.2 Å². The van der Waals surface area contributed by atoms with Crippen molar-refractivity contribution in [1.82, 2.24) is 0 Å². The van der Waals surface area contributed by atoms with Crippen LogP contribution in [0.4, 0.5) is 23.2 Å². The number of nitrogens with one attached hydrogen (secondary N) is 1. The second-order valence-electron chi connectivity index (χ2n) is 5.50. The molecule has 1 aromatic carbocycles. The topological polar surface area (TPSA) is 49.3 Å². The van der Waals surface area contributed by atoms with Crippen molar-refractivity contribution in [2.75, 3.05) is 5.32 Å². The quantitative estimate of drug-likeness (QED) is 0.833. The number of benzene rings is 1. The van der Waals surface area contributed by atoms with Gasteiger partial charge in [-0.2, -0.15) is 13.2 Å². The summed E-state index contributed by atoms with van der Waals surface area (Å²) in [6, 6.07) is 1.67. The van der Waals surface area contributed by atoms with Crippen LogP contribution in [-0.4, -0.2) is 17.1 Å². The smallest absolute Gasteiger partial charge is 0.416 e. The molecule has 1 saturated carbocycles. The number of halogens is 4. The maximum Gasteiger partial charge on any atom is 0.416 e. The van der Waals surface area contributed by atoms with E-state index in [1.165, 1.54) is 0 Å². The third kappa shape index (κ3) is 2.96. The Morgan fingerprint density at radius 1 is 1.43 bits per heavy atom. The van der Waals surface area contributed by atoms with Crippen molar-refractivity contribution in [2.45, 2.75) is 38.4 Å². The monoisotopic (exact) mass is 305 g/mol. The average Bonchev–Trinajstić information content (AvgIpc) is 2.73. The summed E-state index contributed by atoms with van der Waals surface area (Å²) < 4.78 is 51.2. The summed E-state index contributed by atoms with van der Waals surface area (Å²) in [4.78, 5) is 11.3. The molecule has 1 fully saturated rings. The van der Waals surface area contributed by atoms with Crippen molar-refractivity contribution in [1.29, 1.82) is 0 Å². The summed E-state index contributed by atoms with van der Waals surface area (Å²) in [5, 5.41) is 12.0. The molecule has 3 nitrogen and oxygen atoms in total. The Hall–Kier alpha value is -1.79. The van der Waals surface area contributed by atoms with Crippen LogP contribution < -0.4 is 5.32 Å². The maximum absolute atomic E-state index is 13.8. The van der Waals surface area contributed by atoms with E-state index in [4.69, 9.17) is 0 Å². The Bertz CT molecular complexity index is 558. The first kappa shape index (κ1) is 15.6. The molecule has 1 aliphatic carbocycles. The highest BCUT2D eigenvalue weighted by Gasteiger charge is 2.45. The average molecular weight is 305 g/mol. The molecule has 0 aromatic heterocycles. The van der Waals surface area contributed by atoms with Crippen molar-refractivity contribution in [2.24, 2.45) is 5.41 Å². The number of hydrogen-bond donors (Lipinski definition) is 2. The van der Waals surface area contributed by atoms with Crippen molar-refractivity contribution in [3.63, 3.8) is 0 Å². The SMILES string of the molecule is CC1(C(=O)O)CCCC1Nc1ccc(C(F)(F)F)cc1F. The molecule has 0 bridgehead atoms. The normalized spacial score (nSPS) is 25.9. The van der Waals surface area contributed by atoms with E-state index in [0.717, 1.165) is 12.1 Å². The third-order valence-electron chi connectivity index (χ3n) is 4.07. The molecule has 0 heterocycles. The summed E-state index contributed by atoms with van der Waals surface area (Å²) in [6.45, 7) is 1.56. The van der Waals surface area contributed by atoms with Gasteiger partial charge < -0.3 is 10.4 Å². The molecular weight excluding hydrogens is 290 g/mol. The first-order chi connectivity index (χ1) is 9.64. The van der Waals surface area contributed by atoms with Crippen molar-refractivity contribution < 1.29 is 27.5 Å². The highest BCUT2D eigenvalue weighted by molar-refractivity contribution is 5.76. The Kier molecular flexibility index (Phi) is 3.86. The summed E-state index contributed by atoms with van der Waals surface area (Å²) >= 11 is 0. The van der Waals surface area contributed by atoms with Gasteiger partial charge in [-0.15, -0.1) is 0 Å². The largest absolute Gasteiger partial charge is 0.481 e. The number of hydrogen-bond acceptors (Lipinski definition) is 2. The zero-order valence-corrected chi connectivity index (χ0v) is 11.3. The van der Waals surface area contributed by atoms with E-state index >= 15 is 0 Å². The number of carbonyl (C=O) groups is 1. The zero-order valence-electron chi connectivity index (χ0n) is 11.3. The highest BCUT2D eigenvalue weighted by Crippen LogP contribution is 2.40. The van der Waals surface area contributed by atoms with Gasteiger partial charge in [0.15, 0.2) is 0 Å². The number of aliphatic carboxylic acids is 1. The van der Waals surface area contributed by atoms with Crippen LogP contribution in [-0.2, 0) is 11.0 Å². The molecule has 0 saturated heterocycles. The van der Waals surface area contributed by atoms with Crippen LogP contribution in [0.5, 0.6) is 0 Å². The molecule has 0 radical (unpaired) electrons. The van der Waals surface area contributed by atoms with Gasteiger partial charge in [0.1, 0.15) is 5.82 Å². The van der Waals surface area contributed by atoms with E-state index in [9.17, 15) is 27.5 Å². The van der Waals surface area contributed by atoms with Gasteiger partial charge in [-0.3, -0.25) is 4.79 Å². The Balaban J connectivity index is 2.23. The maximum atomic E-state index is 13.8. The first-order valence-corrected chi connectivity index (χ1v) is 6.51. The van der Waals surface area contributed by atoms with Gasteiger partial charge in [0.2, 0.25) is 0 Å². The molecule has 2 unspecified atom stereocenters. The van der Waals surface area contributed by atoms with Crippen LogP contribution in [0.3, 0.4) is 0 Å². The van der Waals surface area contributed by atoms with Crippen LogP contribution in [0.2, 0.25) is 0 Å². The van der Waals surface area contributed by atoms with Gasteiger partial charge in [-0.05, 0) is 38.0 Å². The number of rotatable bonds is 3. The second-order valence-corrected chi connectivity index (χ2v) is 5.50. The van der Waals surface area contributed by atoms with E-state index in [-0.39, 0.29) is 5.69 Å². The molecule has 2 rings (SSSR count). The number of carboxylic acid groups (broad SMARTS) is 1. The van der Waals surface area contributed by atoms with Gasteiger partial charge in [-0.1, -0.05) is 6.42 Å². The highest BCUT2D eigenvalue weighted by atomic mass is 19.4. The van der Waals surface area contributed by atoms with Crippen LogP contribution >= 0.6 is 0 Å². The zero-order chi connectivity index (χ0) is 15.8. The summed E-state index contributed by atoms with van der Waals surface area (Å²) in [7, 11) is 0. The molecule has 0 aliphatic heterocycles. The molecule has 116 valence electrons. The molecule has 21 heavy (non-hydrogen) atoms. The van der Waals surface area contributed by atoms with Gasteiger partial charge >= 0.3 is 12.1 Å². The lowest BCUT2D eigenvalue weighted by Gasteiger charge is -2.28. The number of anilines is 1. The lowest BCUT2D eigenvalue weighted by molar-refractivity contribution is -0.148. The fourth-order valence-corrected chi connectivity index (χ4v) is 2.65. The van der Waals surface area contributed by atoms with Crippen molar-refractivity contribution in [3.8, 4) is 0 Å². The molecule has 0 spiro atoms. The van der Waals surface area contributed by atoms with E-state index in [1.807, 2.05) is 0 Å². The molecule has 7 heteroatoms. The predicted octanol–water partition coefficient (Wildman–Crippen LogP) is 3.90. The first-order valence-electron chi connectivity index (χ1n) is 6.51. The minimum Gasteiger partial charge on any atom is -0.481 e.